The van der Waals surface area contributed by atoms with Crippen molar-refractivity contribution in [3.8, 4) is 0 Å². The molecule has 4 rings (SSSR count). The number of carbonyl (C=O) groups excluding carboxylic acids is 1. The Morgan fingerprint density at radius 1 is 0.818 bits per heavy atom. The molecule has 1 heterocycles. The first-order valence-corrected chi connectivity index (χ1v) is 10.9. The van der Waals surface area contributed by atoms with Gasteiger partial charge in [-0.05, 0) is 61.9 Å². The van der Waals surface area contributed by atoms with E-state index in [9.17, 15) is 4.79 Å². The van der Waals surface area contributed by atoms with E-state index in [4.69, 9.17) is 11.6 Å². The Morgan fingerprint density at radius 3 is 2.18 bits per heavy atom. The highest BCUT2D eigenvalue weighted by Gasteiger charge is 2.08. The van der Waals surface area contributed by atoms with E-state index in [0.29, 0.717) is 22.5 Å². The third-order valence-corrected chi connectivity index (χ3v) is 5.28. The van der Waals surface area contributed by atoms with Crippen molar-refractivity contribution in [3.05, 3.63) is 101 Å². The summed E-state index contributed by atoms with van der Waals surface area (Å²) < 4.78 is 0. The van der Waals surface area contributed by atoms with Crippen LogP contribution in [-0.4, -0.2) is 15.9 Å². The second-order valence-electron chi connectivity index (χ2n) is 7.73. The van der Waals surface area contributed by atoms with Gasteiger partial charge in [0.05, 0.1) is 6.42 Å². The fraction of sp³-hybridized carbons (Fsp3) is 0.115. The molecule has 3 N–H and O–H groups in total. The molecule has 0 spiro atoms. The zero-order valence-electron chi connectivity index (χ0n) is 18.4. The summed E-state index contributed by atoms with van der Waals surface area (Å²) in [5.74, 6) is 1.06. The molecular weight excluding hydrogens is 434 g/mol. The van der Waals surface area contributed by atoms with Gasteiger partial charge in [0.15, 0.2) is 0 Å². The zero-order chi connectivity index (χ0) is 23.2. The number of benzene rings is 3. The second kappa shape index (κ2) is 10.1. The van der Waals surface area contributed by atoms with Gasteiger partial charge in [-0.1, -0.05) is 47.5 Å². The molecule has 1 amide bonds. The van der Waals surface area contributed by atoms with Gasteiger partial charge in [-0.15, -0.1) is 0 Å². The Balaban J connectivity index is 1.39. The van der Waals surface area contributed by atoms with Crippen molar-refractivity contribution in [2.45, 2.75) is 20.3 Å². The van der Waals surface area contributed by atoms with Gasteiger partial charge in [0.25, 0.3) is 0 Å². The van der Waals surface area contributed by atoms with Crippen molar-refractivity contribution in [1.82, 2.24) is 9.97 Å². The maximum absolute atomic E-state index is 12.3. The summed E-state index contributed by atoms with van der Waals surface area (Å²) in [6.07, 6.45) is 0.216. The lowest BCUT2D eigenvalue weighted by atomic mass is 10.1. The van der Waals surface area contributed by atoms with Crippen LogP contribution in [0.2, 0.25) is 5.02 Å². The third-order valence-electron chi connectivity index (χ3n) is 4.91. The minimum absolute atomic E-state index is 0.127. The SMILES string of the molecule is Cc1ccc(Nc2cc(C)nc(Nc3ccc(NC(=O)Cc4ccccc4Cl)cc3)n2)cc1. The van der Waals surface area contributed by atoms with Gasteiger partial charge in [-0.3, -0.25) is 4.79 Å². The van der Waals surface area contributed by atoms with Gasteiger partial charge >= 0.3 is 0 Å². The number of halogens is 1. The molecule has 0 aliphatic rings. The second-order valence-corrected chi connectivity index (χ2v) is 8.14. The Bertz CT molecular complexity index is 1260. The van der Waals surface area contributed by atoms with Gasteiger partial charge in [0.2, 0.25) is 11.9 Å². The highest BCUT2D eigenvalue weighted by Crippen LogP contribution is 2.21. The molecule has 0 radical (unpaired) electrons. The van der Waals surface area contributed by atoms with E-state index in [1.54, 1.807) is 6.07 Å². The quantitative estimate of drug-likeness (QED) is 0.298. The molecular formula is C26H24ClN5O. The summed E-state index contributed by atoms with van der Waals surface area (Å²) in [4.78, 5) is 21.4. The maximum atomic E-state index is 12.3. The molecule has 1 aromatic heterocycles. The first-order chi connectivity index (χ1) is 15.9. The maximum Gasteiger partial charge on any atom is 0.229 e. The zero-order valence-corrected chi connectivity index (χ0v) is 19.1. The smallest absolute Gasteiger partial charge is 0.229 e. The van der Waals surface area contributed by atoms with Crippen molar-refractivity contribution in [1.29, 1.82) is 0 Å². The Morgan fingerprint density at radius 2 is 1.45 bits per heavy atom. The van der Waals surface area contributed by atoms with Crippen LogP contribution in [0.3, 0.4) is 0 Å². The molecule has 166 valence electrons. The number of nitrogens with one attached hydrogen (secondary N) is 3. The Labute approximate surface area is 198 Å². The molecule has 0 bridgehead atoms. The van der Waals surface area contributed by atoms with E-state index in [-0.39, 0.29) is 12.3 Å². The normalized spacial score (nSPS) is 10.5. The monoisotopic (exact) mass is 457 g/mol. The van der Waals surface area contributed by atoms with Crippen molar-refractivity contribution in [3.63, 3.8) is 0 Å². The van der Waals surface area contributed by atoms with E-state index in [1.165, 1.54) is 5.56 Å². The molecule has 6 nitrogen and oxygen atoms in total. The molecule has 4 aromatic rings. The minimum atomic E-state index is -0.127. The van der Waals surface area contributed by atoms with Crippen LogP contribution in [0.1, 0.15) is 16.8 Å². The van der Waals surface area contributed by atoms with Crippen LogP contribution >= 0.6 is 11.6 Å². The van der Waals surface area contributed by atoms with E-state index in [0.717, 1.165) is 22.6 Å². The molecule has 3 aromatic carbocycles. The molecule has 0 aliphatic carbocycles. The fourth-order valence-corrected chi connectivity index (χ4v) is 3.46. The largest absolute Gasteiger partial charge is 0.340 e. The number of rotatable bonds is 7. The van der Waals surface area contributed by atoms with Crippen LogP contribution in [0, 0.1) is 13.8 Å². The van der Waals surface area contributed by atoms with Gasteiger partial charge in [0, 0.05) is 33.8 Å². The first-order valence-electron chi connectivity index (χ1n) is 10.5. The summed E-state index contributed by atoms with van der Waals surface area (Å²) in [7, 11) is 0. The topological polar surface area (TPSA) is 78.9 Å². The predicted molar refractivity (Wildman–Crippen MR) is 135 cm³/mol. The van der Waals surface area contributed by atoms with Crippen molar-refractivity contribution in [2.24, 2.45) is 0 Å². The van der Waals surface area contributed by atoms with E-state index < -0.39 is 0 Å². The lowest BCUT2D eigenvalue weighted by Crippen LogP contribution is -2.14. The summed E-state index contributed by atoms with van der Waals surface area (Å²) >= 11 is 6.14. The highest BCUT2D eigenvalue weighted by molar-refractivity contribution is 6.31. The number of aryl methyl sites for hydroxylation is 2. The van der Waals surface area contributed by atoms with E-state index >= 15 is 0 Å². The number of aromatic nitrogens is 2. The molecule has 0 saturated carbocycles. The fourth-order valence-electron chi connectivity index (χ4n) is 3.26. The molecule has 0 fully saturated rings. The molecule has 0 unspecified atom stereocenters. The average Bonchev–Trinajstić information content (AvgIpc) is 2.78. The van der Waals surface area contributed by atoms with Crippen molar-refractivity contribution in [2.75, 3.05) is 16.0 Å². The summed E-state index contributed by atoms with van der Waals surface area (Å²) in [6, 6.07) is 24.7. The van der Waals surface area contributed by atoms with Crippen LogP contribution in [-0.2, 0) is 11.2 Å². The number of carbonyl (C=O) groups is 1. The number of nitrogens with zero attached hydrogens (tertiary/aromatic N) is 2. The van der Waals surface area contributed by atoms with E-state index in [1.807, 2.05) is 79.7 Å². The molecule has 0 aliphatic heterocycles. The summed E-state index contributed by atoms with van der Waals surface area (Å²) in [5, 5.41) is 10.00. The van der Waals surface area contributed by atoms with Gasteiger partial charge < -0.3 is 16.0 Å². The van der Waals surface area contributed by atoms with Crippen molar-refractivity contribution < 1.29 is 4.79 Å². The van der Waals surface area contributed by atoms with Gasteiger partial charge in [-0.25, -0.2) is 4.98 Å². The lowest BCUT2D eigenvalue weighted by molar-refractivity contribution is -0.115. The standard InChI is InChI=1S/C26H24ClN5O/c1-17-7-9-20(10-8-17)29-24-15-18(2)28-26(32-24)31-22-13-11-21(12-14-22)30-25(33)16-19-5-3-4-6-23(19)27/h3-15H,16H2,1-2H3,(H,30,33)(H2,28,29,31,32). The number of hydrogen-bond donors (Lipinski definition) is 3. The molecule has 0 atom stereocenters. The lowest BCUT2D eigenvalue weighted by Gasteiger charge is -2.11. The molecule has 7 heteroatoms. The molecule has 0 saturated heterocycles. The number of amides is 1. The van der Waals surface area contributed by atoms with Gasteiger partial charge in [-0.2, -0.15) is 4.98 Å². The minimum Gasteiger partial charge on any atom is -0.340 e. The van der Waals surface area contributed by atoms with Crippen molar-refractivity contribution >= 4 is 46.3 Å². The summed E-state index contributed by atoms with van der Waals surface area (Å²) in [5.41, 5.74) is 5.30. The summed E-state index contributed by atoms with van der Waals surface area (Å²) in [6.45, 7) is 3.97. The third kappa shape index (κ3) is 6.30. The molecule has 33 heavy (non-hydrogen) atoms. The van der Waals surface area contributed by atoms with E-state index in [2.05, 4.69) is 32.8 Å². The van der Waals surface area contributed by atoms with Crippen LogP contribution in [0.15, 0.2) is 78.9 Å². The number of anilines is 5. The Kier molecular flexibility index (Phi) is 6.86. The van der Waals surface area contributed by atoms with Crippen LogP contribution < -0.4 is 16.0 Å². The Hall–Kier alpha value is -3.90. The van der Waals surface area contributed by atoms with Crippen LogP contribution in [0.4, 0.5) is 28.8 Å². The van der Waals surface area contributed by atoms with Crippen LogP contribution in [0.25, 0.3) is 0 Å². The van der Waals surface area contributed by atoms with Crippen LogP contribution in [0.5, 0.6) is 0 Å². The highest BCUT2D eigenvalue weighted by atomic mass is 35.5. The first kappa shape index (κ1) is 22.3. The average molecular weight is 458 g/mol. The van der Waals surface area contributed by atoms with Gasteiger partial charge in [0.1, 0.15) is 5.82 Å². The predicted octanol–water partition coefficient (Wildman–Crippen LogP) is 6.42. The number of hydrogen-bond acceptors (Lipinski definition) is 5.